The first-order chi connectivity index (χ1) is 5.72. The Hall–Kier alpha value is -0.860. The Balaban J connectivity index is 2.16. The van der Waals surface area contributed by atoms with E-state index >= 15 is 0 Å². The summed E-state index contributed by atoms with van der Waals surface area (Å²) in [5, 5.41) is 0. The number of carbonyl (C=O) groups excluding carboxylic acids is 2. The van der Waals surface area contributed by atoms with Crippen LogP contribution in [0.3, 0.4) is 0 Å². The van der Waals surface area contributed by atoms with E-state index in [1.807, 2.05) is 6.92 Å². The van der Waals surface area contributed by atoms with Gasteiger partial charge in [0.25, 0.3) is 0 Å². The largest absolute Gasteiger partial charge is 0.462 e. The van der Waals surface area contributed by atoms with Crippen LogP contribution in [0.2, 0.25) is 0 Å². The van der Waals surface area contributed by atoms with E-state index in [0.717, 1.165) is 12.7 Å². The van der Waals surface area contributed by atoms with Crippen molar-refractivity contribution in [3.05, 3.63) is 0 Å². The second-order valence-electron chi connectivity index (χ2n) is 3.82. The number of rotatable bonds is 1. The molecule has 1 heterocycles. The quantitative estimate of drug-likeness (QED) is 0.429. The van der Waals surface area contributed by atoms with E-state index in [1.165, 1.54) is 0 Å². The molecule has 0 aromatic rings. The van der Waals surface area contributed by atoms with Crippen molar-refractivity contribution < 1.29 is 14.3 Å². The van der Waals surface area contributed by atoms with Crippen molar-refractivity contribution in [1.29, 1.82) is 0 Å². The molecule has 0 amide bonds. The third kappa shape index (κ3) is 0.958. The summed E-state index contributed by atoms with van der Waals surface area (Å²) >= 11 is 0. The van der Waals surface area contributed by atoms with Gasteiger partial charge in [0.1, 0.15) is 12.4 Å². The van der Waals surface area contributed by atoms with Crippen molar-refractivity contribution in [2.75, 3.05) is 0 Å². The third-order valence-corrected chi connectivity index (χ3v) is 3.08. The third-order valence-electron chi connectivity index (χ3n) is 3.08. The number of carbonyl (C=O) groups is 2. The summed E-state index contributed by atoms with van der Waals surface area (Å²) in [6.45, 7) is 2.05. The molecule has 2 rings (SSSR count). The molecule has 3 heteroatoms. The molecule has 0 bridgehead atoms. The van der Waals surface area contributed by atoms with Crippen LogP contribution in [-0.2, 0) is 14.3 Å². The van der Waals surface area contributed by atoms with Gasteiger partial charge in [-0.25, -0.2) is 0 Å². The molecule has 12 heavy (non-hydrogen) atoms. The van der Waals surface area contributed by atoms with Gasteiger partial charge in [-0.15, -0.1) is 0 Å². The predicted molar refractivity (Wildman–Crippen MR) is 41.3 cm³/mol. The molecule has 0 aromatic carbocycles. The van der Waals surface area contributed by atoms with Crippen LogP contribution >= 0.6 is 0 Å². The Labute approximate surface area is 71.1 Å². The Morgan fingerprint density at radius 1 is 1.58 bits per heavy atom. The lowest BCUT2D eigenvalue weighted by molar-refractivity contribution is -0.141. The molecule has 3 nitrogen and oxygen atoms in total. The van der Waals surface area contributed by atoms with E-state index < -0.39 is 0 Å². The molecule has 66 valence electrons. The van der Waals surface area contributed by atoms with Gasteiger partial charge in [-0.05, 0) is 12.3 Å². The smallest absolute Gasteiger partial charge is 0.306 e. The van der Waals surface area contributed by atoms with Gasteiger partial charge in [-0.1, -0.05) is 6.92 Å². The van der Waals surface area contributed by atoms with E-state index in [1.54, 1.807) is 0 Å². The fraction of sp³-hybridized carbons (Fsp3) is 0.778. The van der Waals surface area contributed by atoms with E-state index in [-0.39, 0.29) is 23.9 Å². The summed E-state index contributed by atoms with van der Waals surface area (Å²) in [6.07, 6.45) is 2.32. The SMILES string of the molecule is CC1CC2OC(=O)CC2C1C=O. The fourth-order valence-electron chi connectivity index (χ4n) is 2.42. The van der Waals surface area contributed by atoms with Gasteiger partial charge in [-0.2, -0.15) is 0 Å². The van der Waals surface area contributed by atoms with Crippen molar-refractivity contribution in [2.45, 2.75) is 25.9 Å². The first-order valence-corrected chi connectivity index (χ1v) is 4.37. The van der Waals surface area contributed by atoms with E-state index in [9.17, 15) is 9.59 Å². The fourth-order valence-corrected chi connectivity index (χ4v) is 2.42. The average molecular weight is 168 g/mol. The molecule has 0 N–H and O–H groups in total. The first-order valence-electron chi connectivity index (χ1n) is 4.37. The lowest BCUT2D eigenvalue weighted by Gasteiger charge is -2.10. The zero-order valence-corrected chi connectivity index (χ0v) is 7.03. The van der Waals surface area contributed by atoms with Crippen LogP contribution in [0.4, 0.5) is 0 Å². The second-order valence-corrected chi connectivity index (χ2v) is 3.82. The highest BCUT2D eigenvalue weighted by atomic mass is 16.6. The highest BCUT2D eigenvalue weighted by Gasteiger charge is 2.48. The lowest BCUT2D eigenvalue weighted by Crippen LogP contribution is -2.16. The van der Waals surface area contributed by atoms with Gasteiger partial charge in [0.05, 0.1) is 6.42 Å². The molecule has 1 aliphatic heterocycles. The molecular formula is C9H12O3. The summed E-state index contributed by atoms with van der Waals surface area (Å²) in [4.78, 5) is 21.6. The highest BCUT2D eigenvalue weighted by Crippen LogP contribution is 2.43. The van der Waals surface area contributed by atoms with Gasteiger partial charge in [0.2, 0.25) is 0 Å². The Bertz CT molecular complexity index is 224. The summed E-state index contributed by atoms with van der Waals surface area (Å²) in [6, 6.07) is 0. The molecule has 0 aromatic heterocycles. The molecule has 1 saturated carbocycles. The van der Waals surface area contributed by atoms with Gasteiger partial charge < -0.3 is 9.53 Å². The minimum Gasteiger partial charge on any atom is -0.462 e. The van der Waals surface area contributed by atoms with Gasteiger partial charge in [0, 0.05) is 11.8 Å². The summed E-state index contributed by atoms with van der Waals surface area (Å²) in [5.74, 6) is 0.459. The lowest BCUT2D eigenvalue weighted by atomic mass is 9.90. The van der Waals surface area contributed by atoms with E-state index in [4.69, 9.17) is 4.74 Å². The van der Waals surface area contributed by atoms with E-state index in [0.29, 0.717) is 12.3 Å². The van der Waals surface area contributed by atoms with Crippen molar-refractivity contribution >= 4 is 12.3 Å². The summed E-state index contributed by atoms with van der Waals surface area (Å²) in [5.41, 5.74) is 0. The number of fused-ring (bicyclic) bond motifs is 1. The van der Waals surface area contributed by atoms with Crippen LogP contribution in [0.5, 0.6) is 0 Å². The monoisotopic (exact) mass is 168 g/mol. The second kappa shape index (κ2) is 2.57. The molecule has 2 fully saturated rings. The predicted octanol–water partition coefficient (Wildman–Crippen LogP) is 0.773. The first kappa shape index (κ1) is 7.77. The Kier molecular flexibility index (Phi) is 1.67. The minimum absolute atomic E-state index is 0.0303. The number of hydrogen-bond acceptors (Lipinski definition) is 3. The number of hydrogen-bond donors (Lipinski definition) is 0. The Morgan fingerprint density at radius 2 is 2.33 bits per heavy atom. The topological polar surface area (TPSA) is 43.4 Å². The van der Waals surface area contributed by atoms with Crippen LogP contribution in [0.1, 0.15) is 19.8 Å². The summed E-state index contributed by atoms with van der Waals surface area (Å²) < 4.78 is 5.09. The van der Waals surface area contributed by atoms with Crippen molar-refractivity contribution in [1.82, 2.24) is 0 Å². The van der Waals surface area contributed by atoms with Crippen molar-refractivity contribution in [2.24, 2.45) is 17.8 Å². The maximum atomic E-state index is 10.9. The normalized spacial score (nSPS) is 45.6. The number of esters is 1. The summed E-state index contributed by atoms with van der Waals surface area (Å²) in [7, 11) is 0. The number of aldehydes is 1. The standard InChI is InChI=1S/C9H12O3/c1-5-2-8-6(7(5)4-10)3-9(11)12-8/h4-8H,2-3H2,1H3. The molecular weight excluding hydrogens is 156 g/mol. The van der Waals surface area contributed by atoms with Crippen molar-refractivity contribution in [3.63, 3.8) is 0 Å². The average Bonchev–Trinajstić information content (AvgIpc) is 2.43. The molecule has 4 unspecified atom stereocenters. The van der Waals surface area contributed by atoms with Crippen LogP contribution in [0.25, 0.3) is 0 Å². The van der Waals surface area contributed by atoms with Crippen molar-refractivity contribution in [3.8, 4) is 0 Å². The molecule has 0 spiro atoms. The van der Waals surface area contributed by atoms with Crippen LogP contribution in [0.15, 0.2) is 0 Å². The maximum absolute atomic E-state index is 10.9. The maximum Gasteiger partial charge on any atom is 0.306 e. The van der Waals surface area contributed by atoms with Gasteiger partial charge >= 0.3 is 5.97 Å². The molecule has 1 aliphatic carbocycles. The van der Waals surface area contributed by atoms with Crippen LogP contribution < -0.4 is 0 Å². The molecule has 0 radical (unpaired) electrons. The van der Waals surface area contributed by atoms with Crippen LogP contribution in [0, 0.1) is 17.8 Å². The zero-order valence-electron chi connectivity index (χ0n) is 7.03. The van der Waals surface area contributed by atoms with E-state index in [2.05, 4.69) is 0 Å². The number of ether oxygens (including phenoxy) is 1. The Morgan fingerprint density at radius 3 is 3.00 bits per heavy atom. The van der Waals surface area contributed by atoms with Crippen LogP contribution in [-0.4, -0.2) is 18.4 Å². The molecule has 1 saturated heterocycles. The van der Waals surface area contributed by atoms with Gasteiger partial charge in [0.15, 0.2) is 0 Å². The molecule has 4 atom stereocenters. The minimum atomic E-state index is -0.135. The van der Waals surface area contributed by atoms with Gasteiger partial charge in [-0.3, -0.25) is 4.79 Å². The zero-order chi connectivity index (χ0) is 8.72. The molecule has 2 aliphatic rings. The highest BCUT2D eigenvalue weighted by molar-refractivity contribution is 5.73.